The van der Waals surface area contributed by atoms with Gasteiger partial charge in [-0.05, 0) is 44.0 Å². The summed E-state index contributed by atoms with van der Waals surface area (Å²) in [6.07, 6.45) is -1.38. The van der Waals surface area contributed by atoms with Crippen LogP contribution in [0.4, 0.5) is 18.9 Å². The number of piperidine rings is 1. The third kappa shape index (κ3) is 6.17. The predicted molar refractivity (Wildman–Crippen MR) is 177 cm³/mol. The highest BCUT2D eigenvalue weighted by Gasteiger charge is 2.46. The van der Waals surface area contributed by atoms with Crippen LogP contribution in [0.2, 0.25) is 5.02 Å². The second kappa shape index (κ2) is 13.2. The first-order valence-corrected chi connectivity index (χ1v) is 16.3. The Morgan fingerprint density at radius 1 is 1.13 bits per heavy atom. The molecule has 1 aromatic carbocycles. The van der Waals surface area contributed by atoms with E-state index < -0.39 is 41.3 Å². The van der Waals surface area contributed by atoms with E-state index in [-0.39, 0.29) is 84.0 Å². The van der Waals surface area contributed by atoms with Crippen LogP contribution < -0.4 is 15.6 Å². The molecule has 0 bridgehead atoms. The summed E-state index contributed by atoms with van der Waals surface area (Å²) in [4.78, 5) is 59.5. The van der Waals surface area contributed by atoms with Crippen LogP contribution in [-0.4, -0.2) is 82.7 Å². The van der Waals surface area contributed by atoms with Gasteiger partial charge in [0.25, 0.3) is 11.5 Å². The van der Waals surface area contributed by atoms with Gasteiger partial charge < -0.3 is 29.4 Å². The molecule has 2 N–H and O–H groups in total. The molecule has 15 nitrogen and oxygen atoms in total. The Kier molecular flexibility index (Phi) is 8.82. The molecule has 5 aromatic rings. The Morgan fingerprint density at radius 2 is 1.90 bits per heavy atom. The highest BCUT2D eigenvalue weighted by atomic mass is 35.5. The SMILES string of the molecule is COc1ccc(-c2nc3n(CC(=O)Nc4ccc(C(F)(F)F)cc4Cl)c4c(c(=O)n3n2)C2(CCN(C(=O)c3ncnc(C)c3O)CC2)OCC4)cn1. The van der Waals surface area contributed by atoms with E-state index in [4.69, 9.17) is 21.1 Å². The van der Waals surface area contributed by atoms with Crippen molar-refractivity contribution in [1.29, 1.82) is 0 Å². The van der Waals surface area contributed by atoms with Gasteiger partial charge in [0.2, 0.25) is 17.6 Å². The van der Waals surface area contributed by atoms with Crippen LogP contribution in [0.1, 0.15) is 45.8 Å². The van der Waals surface area contributed by atoms with Gasteiger partial charge in [-0.1, -0.05) is 11.6 Å². The summed E-state index contributed by atoms with van der Waals surface area (Å²) in [7, 11) is 1.46. The number of aryl methyl sites for hydroxylation is 1. The maximum absolute atomic E-state index is 14.4. The van der Waals surface area contributed by atoms with Crippen LogP contribution in [-0.2, 0) is 34.3 Å². The van der Waals surface area contributed by atoms with E-state index in [0.29, 0.717) is 17.1 Å². The molecule has 6 heterocycles. The lowest BCUT2D eigenvalue weighted by molar-refractivity contribution is -0.137. The van der Waals surface area contributed by atoms with E-state index in [1.807, 2.05) is 0 Å². The molecular formula is C33H29ClF3N9O6. The van der Waals surface area contributed by atoms with E-state index >= 15 is 0 Å². The van der Waals surface area contributed by atoms with Crippen LogP contribution >= 0.6 is 11.6 Å². The van der Waals surface area contributed by atoms with Crippen molar-refractivity contribution in [2.45, 2.75) is 44.5 Å². The Bertz CT molecular complexity index is 2290. The number of aromatic hydroxyl groups is 1. The molecule has 0 radical (unpaired) electrons. The van der Waals surface area contributed by atoms with E-state index in [2.05, 4.69) is 30.4 Å². The van der Waals surface area contributed by atoms with Crippen molar-refractivity contribution < 1.29 is 37.3 Å². The molecule has 1 spiro atoms. The summed E-state index contributed by atoms with van der Waals surface area (Å²) in [6.45, 7) is 1.58. The molecule has 270 valence electrons. The number of halogens is 4. The minimum absolute atomic E-state index is 0.0301. The molecular weight excluding hydrogens is 711 g/mol. The van der Waals surface area contributed by atoms with Crippen molar-refractivity contribution in [3.8, 4) is 23.0 Å². The second-order valence-corrected chi connectivity index (χ2v) is 12.6. The number of nitrogens with zero attached hydrogens (tertiary/aromatic N) is 8. The van der Waals surface area contributed by atoms with Crippen LogP contribution in [0.25, 0.3) is 17.2 Å². The first-order valence-electron chi connectivity index (χ1n) is 15.9. The van der Waals surface area contributed by atoms with Crippen LogP contribution in [0.15, 0.2) is 47.7 Å². The van der Waals surface area contributed by atoms with E-state index in [0.717, 1.165) is 22.7 Å². The number of hydrogen-bond donors (Lipinski definition) is 2. The van der Waals surface area contributed by atoms with Gasteiger partial charge in [-0.25, -0.2) is 15.0 Å². The maximum Gasteiger partial charge on any atom is 0.416 e. The lowest BCUT2D eigenvalue weighted by Gasteiger charge is -2.44. The number of anilines is 1. The number of aromatic nitrogens is 7. The third-order valence-electron chi connectivity index (χ3n) is 9.17. The maximum atomic E-state index is 14.4. The molecule has 1 saturated heterocycles. The summed E-state index contributed by atoms with van der Waals surface area (Å²) in [6, 6.07) is 5.84. The van der Waals surface area contributed by atoms with E-state index in [1.165, 1.54) is 29.1 Å². The number of pyridine rings is 1. The highest BCUT2D eigenvalue weighted by molar-refractivity contribution is 6.33. The largest absolute Gasteiger partial charge is 0.504 e. The molecule has 2 amide bonds. The molecule has 52 heavy (non-hydrogen) atoms. The summed E-state index contributed by atoms with van der Waals surface area (Å²) in [5, 5.41) is 17.2. The number of hydrogen-bond acceptors (Lipinski definition) is 11. The normalized spacial score (nSPS) is 15.5. The Balaban J connectivity index is 1.27. The molecule has 1 fully saturated rings. The molecule has 0 atom stereocenters. The minimum Gasteiger partial charge on any atom is -0.504 e. The van der Waals surface area contributed by atoms with Gasteiger partial charge in [-0.3, -0.25) is 14.4 Å². The van der Waals surface area contributed by atoms with Gasteiger partial charge in [-0.15, -0.1) is 5.10 Å². The molecule has 0 unspecified atom stereocenters. The topological polar surface area (TPSA) is 179 Å². The molecule has 2 aliphatic rings. The number of benzene rings is 1. The number of carbonyl (C=O) groups is 2. The summed E-state index contributed by atoms with van der Waals surface area (Å²) in [5.41, 5.74) is -1.47. The summed E-state index contributed by atoms with van der Waals surface area (Å²) in [5.74, 6) is -0.981. The van der Waals surface area contributed by atoms with Gasteiger partial charge >= 0.3 is 6.18 Å². The van der Waals surface area contributed by atoms with Crippen molar-refractivity contribution in [2.75, 3.05) is 32.1 Å². The number of rotatable bonds is 6. The Hall–Kier alpha value is -5.62. The fourth-order valence-electron chi connectivity index (χ4n) is 6.52. The fraction of sp³-hybridized carbons (Fsp3) is 0.333. The quantitative estimate of drug-likeness (QED) is 0.259. The van der Waals surface area contributed by atoms with Crippen molar-refractivity contribution >= 4 is 34.9 Å². The highest BCUT2D eigenvalue weighted by Crippen LogP contribution is 2.41. The minimum atomic E-state index is -4.63. The van der Waals surface area contributed by atoms with Crippen molar-refractivity contribution in [3.63, 3.8) is 0 Å². The number of likely N-dealkylation sites (tertiary alicyclic amines) is 1. The molecule has 7 rings (SSSR count). The smallest absolute Gasteiger partial charge is 0.416 e. The van der Waals surface area contributed by atoms with Gasteiger partial charge in [0.05, 0.1) is 41.2 Å². The fourth-order valence-corrected chi connectivity index (χ4v) is 6.75. The number of amides is 2. The average molecular weight is 740 g/mol. The predicted octanol–water partition coefficient (Wildman–Crippen LogP) is 3.78. The molecule has 0 aliphatic carbocycles. The Morgan fingerprint density at radius 3 is 2.58 bits per heavy atom. The lowest BCUT2D eigenvalue weighted by Crippen LogP contribution is -2.52. The van der Waals surface area contributed by atoms with Gasteiger partial charge in [0, 0.05) is 43.0 Å². The zero-order chi connectivity index (χ0) is 36.9. The number of nitrogens with one attached hydrogen (secondary N) is 1. The lowest BCUT2D eigenvalue weighted by atomic mass is 9.81. The molecule has 19 heteroatoms. The zero-order valence-electron chi connectivity index (χ0n) is 27.6. The standard InChI is InChI=1S/C33H29ClF3N9O6/c1-17-27(48)26(40-16-39-17)30(50)44-10-8-32(9-11-44)25-22(7-12-52-32)45(15-23(47)41-21-5-4-19(13-20(21)34)33(35,36)37)31-42-28(43-46(31)29(25)49)18-3-6-24(51-2)38-14-18/h3-6,13-14,16,48H,7-12,15H2,1-2H3,(H,41,47). The van der Waals surface area contributed by atoms with Crippen molar-refractivity contribution in [3.05, 3.63) is 86.4 Å². The number of fused-ring (bicyclic) bond motifs is 3. The molecule has 2 aliphatic heterocycles. The van der Waals surface area contributed by atoms with Crippen LogP contribution in [0, 0.1) is 6.92 Å². The first kappa shape index (κ1) is 34.8. The number of ether oxygens (including phenoxy) is 2. The molecule has 4 aromatic heterocycles. The first-order chi connectivity index (χ1) is 24.8. The van der Waals surface area contributed by atoms with Crippen molar-refractivity contribution in [1.82, 2.24) is 39.0 Å². The summed E-state index contributed by atoms with van der Waals surface area (Å²) < 4.78 is 53.8. The van der Waals surface area contributed by atoms with Gasteiger partial charge in [-0.2, -0.15) is 22.7 Å². The van der Waals surface area contributed by atoms with Crippen molar-refractivity contribution in [2.24, 2.45) is 0 Å². The number of alkyl halides is 3. The average Bonchev–Trinajstić information content (AvgIpc) is 3.58. The Labute approximate surface area is 297 Å². The number of carbonyl (C=O) groups excluding carboxylic acids is 2. The van der Waals surface area contributed by atoms with Gasteiger partial charge in [0.1, 0.15) is 18.5 Å². The summed E-state index contributed by atoms with van der Waals surface area (Å²) >= 11 is 6.12. The second-order valence-electron chi connectivity index (χ2n) is 12.2. The van der Waals surface area contributed by atoms with E-state index in [9.17, 15) is 32.7 Å². The van der Waals surface area contributed by atoms with Crippen LogP contribution in [0.3, 0.4) is 0 Å². The zero-order valence-corrected chi connectivity index (χ0v) is 28.3. The monoisotopic (exact) mass is 739 g/mol. The van der Waals surface area contributed by atoms with E-state index in [1.54, 1.807) is 19.1 Å². The molecule has 0 saturated carbocycles. The number of methoxy groups -OCH3 is 1. The van der Waals surface area contributed by atoms with Gasteiger partial charge in [0.15, 0.2) is 17.3 Å². The third-order valence-corrected chi connectivity index (χ3v) is 9.48. The van der Waals surface area contributed by atoms with Crippen LogP contribution in [0.5, 0.6) is 11.6 Å².